The van der Waals surface area contributed by atoms with Gasteiger partial charge in [-0.05, 0) is 23.3 Å². The van der Waals surface area contributed by atoms with Gasteiger partial charge in [-0.2, -0.15) is 34.8 Å². The maximum absolute atomic E-state index is 14.1. The van der Waals surface area contributed by atoms with Gasteiger partial charge in [0.1, 0.15) is 0 Å². The predicted octanol–water partition coefficient (Wildman–Crippen LogP) is 5.23. The van der Waals surface area contributed by atoms with Gasteiger partial charge in [0.2, 0.25) is 0 Å². The molecular formula is C15H10F6O3S2. The molecule has 0 atom stereocenters. The zero-order valence-electron chi connectivity index (χ0n) is 12.6. The zero-order chi connectivity index (χ0) is 19.4. The zero-order valence-corrected chi connectivity index (χ0v) is 14.3. The molecule has 1 aliphatic rings. The molecule has 0 spiro atoms. The van der Waals surface area contributed by atoms with E-state index in [2.05, 4.69) is 3.63 Å². The average molecular weight is 416 g/mol. The Morgan fingerprint density at radius 2 is 1.23 bits per heavy atom. The Kier molecular flexibility index (Phi) is 4.32. The number of benzene rings is 2. The first-order valence-electron chi connectivity index (χ1n) is 6.96. The molecule has 2 aromatic rings. The van der Waals surface area contributed by atoms with Crippen molar-refractivity contribution in [3.63, 3.8) is 0 Å². The number of halogens is 6. The summed E-state index contributed by atoms with van der Waals surface area (Å²) < 4.78 is 108. The van der Waals surface area contributed by atoms with Crippen LogP contribution in [0.5, 0.6) is 0 Å². The van der Waals surface area contributed by atoms with Crippen molar-refractivity contribution >= 4 is 20.4 Å². The Morgan fingerprint density at radius 1 is 0.808 bits per heavy atom. The average Bonchev–Trinajstić information content (AvgIpc) is 2.76. The van der Waals surface area contributed by atoms with E-state index >= 15 is 0 Å². The maximum atomic E-state index is 14.1. The molecular weight excluding hydrogens is 406 g/mol. The number of hydrogen-bond acceptors (Lipinski definition) is 3. The molecule has 0 unspecified atom stereocenters. The van der Waals surface area contributed by atoms with Crippen molar-refractivity contribution in [2.75, 3.05) is 5.75 Å². The summed E-state index contributed by atoms with van der Waals surface area (Å²) in [7, 11) is -10.3. The number of fused-ring (bicyclic) bond motifs is 3. The van der Waals surface area contributed by atoms with Crippen LogP contribution < -0.4 is 0 Å². The Hall–Kier alpha value is -1.72. The molecule has 0 N–H and O–H groups in total. The van der Waals surface area contributed by atoms with Crippen molar-refractivity contribution in [1.29, 1.82) is 0 Å². The van der Waals surface area contributed by atoms with Crippen LogP contribution in [-0.2, 0) is 13.7 Å². The molecule has 0 aliphatic carbocycles. The van der Waals surface area contributed by atoms with Crippen molar-refractivity contribution in [3.05, 3.63) is 48.5 Å². The lowest BCUT2D eigenvalue weighted by molar-refractivity contribution is -0.107. The molecule has 1 heterocycles. The third kappa shape index (κ3) is 3.08. The summed E-state index contributed by atoms with van der Waals surface area (Å²) in [5, 5.41) is 0. The van der Waals surface area contributed by atoms with Crippen LogP contribution in [0.2, 0.25) is 0 Å². The Balaban J connectivity index is 2.28. The first kappa shape index (κ1) is 19.1. The van der Waals surface area contributed by atoms with Crippen LogP contribution in [0, 0.1) is 0 Å². The highest BCUT2D eigenvalue weighted by Gasteiger charge is 2.61. The van der Waals surface area contributed by atoms with Crippen LogP contribution in [0.25, 0.3) is 11.1 Å². The van der Waals surface area contributed by atoms with E-state index in [-0.39, 0.29) is 11.1 Å². The van der Waals surface area contributed by atoms with E-state index in [9.17, 15) is 34.8 Å². The molecule has 0 saturated carbocycles. The first-order chi connectivity index (χ1) is 11.9. The van der Waals surface area contributed by atoms with Gasteiger partial charge in [-0.1, -0.05) is 36.4 Å². The van der Waals surface area contributed by atoms with E-state index < -0.39 is 47.7 Å². The van der Waals surface area contributed by atoms with Crippen LogP contribution in [0.1, 0.15) is 0 Å². The lowest BCUT2D eigenvalue weighted by Crippen LogP contribution is -2.30. The second kappa shape index (κ2) is 5.89. The second-order valence-electron chi connectivity index (χ2n) is 5.38. The third-order valence-corrected chi connectivity index (χ3v) is 8.49. The molecule has 26 heavy (non-hydrogen) atoms. The minimum Gasteiger partial charge on any atom is -0.203 e. The fourth-order valence-corrected chi connectivity index (χ4v) is 7.72. The van der Waals surface area contributed by atoms with Gasteiger partial charge in [0.25, 0.3) is 10.1 Å². The van der Waals surface area contributed by atoms with E-state index in [1.54, 1.807) is 0 Å². The largest absolute Gasteiger partial charge is 0.456 e. The van der Waals surface area contributed by atoms with Gasteiger partial charge in [-0.3, -0.25) is 0 Å². The van der Waals surface area contributed by atoms with E-state index in [0.29, 0.717) is 0 Å². The van der Waals surface area contributed by atoms with Gasteiger partial charge in [0.15, 0.2) is 5.75 Å². The van der Waals surface area contributed by atoms with Gasteiger partial charge in [0, 0.05) is 20.1 Å². The lowest BCUT2D eigenvalue weighted by Gasteiger charge is -2.37. The normalized spacial score (nSPS) is 17.5. The van der Waals surface area contributed by atoms with Crippen LogP contribution in [0.3, 0.4) is 0 Å². The predicted molar refractivity (Wildman–Crippen MR) is 83.0 cm³/mol. The summed E-state index contributed by atoms with van der Waals surface area (Å²) in [5.74, 6) is -2.50. The molecule has 142 valence electrons. The molecule has 2 aromatic carbocycles. The van der Waals surface area contributed by atoms with Crippen LogP contribution >= 0.6 is 10.3 Å². The molecule has 0 amide bonds. The minimum absolute atomic E-state index is 0.0811. The van der Waals surface area contributed by atoms with Crippen molar-refractivity contribution in [1.82, 2.24) is 0 Å². The molecule has 0 fully saturated rings. The third-order valence-electron chi connectivity index (χ3n) is 3.56. The standard InChI is InChI=1S/C15H10F6O3S2/c16-14(17,18)9-25(22,23)24-26(15(19,20)21)12-7-3-1-5-10(12)11-6-2-4-8-13(11)26/h1-8H,9H2. The molecule has 11 heteroatoms. The summed E-state index contributed by atoms with van der Waals surface area (Å²) >= 11 is 0. The summed E-state index contributed by atoms with van der Waals surface area (Å²) in [6.07, 6.45) is -5.23. The molecule has 0 radical (unpaired) electrons. The SMILES string of the molecule is O=S(=O)(CC(F)(F)F)OS1(C(F)(F)F)c2ccccc2-c2ccccc21. The summed E-state index contributed by atoms with van der Waals surface area (Å²) in [6.45, 7) is 0. The molecule has 3 nitrogen and oxygen atoms in total. The van der Waals surface area contributed by atoms with Crippen LogP contribution in [0.4, 0.5) is 26.3 Å². The van der Waals surface area contributed by atoms with Crippen LogP contribution in [0.15, 0.2) is 58.3 Å². The van der Waals surface area contributed by atoms with Crippen molar-refractivity contribution in [2.24, 2.45) is 0 Å². The van der Waals surface area contributed by atoms with E-state index in [0.717, 1.165) is 12.1 Å². The quantitative estimate of drug-likeness (QED) is 0.644. The van der Waals surface area contributed by atoms with Gasteiger partial charge in [-0.25, -0.2) is 3.63 Å². The first-order valence-corrected chi connectivity index (χ1v) is 10.1. The maximum Gasteiger partial charge on any atom is 0.456 e. The van der Waals surface area contributed by atoms with Crippen molar-refractivity contribution < 1.29 is 38.4 Å². The van der Waals surface area contributed by atoms with E-state index in [1.807, 2.05) is 0 Å². The number of alkyl halides is 6. The van der Waals surface area contributed by atoms with Crippen molar-refractivity contribution in [2.45, 2.75) is 21.5 Å². The molecule has 0 saturated heterocycles. The second-order valence-corrected chi connectivity index (χ2v) is 9.78. The van der Waals surface area contributed by atoms with Gasteiger partial charge in [0.05, 0.1) is 0 Å². The molecule has 0 bridgehead atoms. The monoisotopic (exact) mass is 416 g/mol. The van der Waals surface area contributed by atoms with E-state index in [4.69, 9.17) is 0 Å². The fraction of sp³-hybridized carbons (Fsp3) is 0.200. The van der Waals surface area contributed by atoms with Crippen LogP contribution in [-0.4, -0.2) is 25.9 Å². The lowest BCUT2D eigenvalue weighted by atomic mass is 10.1. The minimum atomic E-state index is -5.56. The molecule has 3 rings (SSSR count). The fourth-order valence-electron chi connectivity index (χ4n) is 2.74. The molecule has 0 aromatic heterocycles. The summed E-state index contributed by atoms with van der Waals surface area (Å²) in [5.41, 5.74) is -5.08. The Morgan fingerprint density at radius 3 is 1.62 bits per heavy atom. The molecule has 1 aliphatic heterocycles. The highest BCUT2D eigenvalue weighted by Crippen LogP contribution is 2.80. The number of hydrogen-bond donors (Lipinski definition) is 0. The van der Waals surface area contributed by atoms with E-state index in [1.165, 1.54) is 36.4 Å². The smallest absolute Gasteiger partial charge is 0.203 e. The van der Waals surface area contributed by atoms with Gasteiger partial charge in [-0.15, -0.1) is 0 Å². The topological polar surface area (TPSA) is 43.4 Å². The number of rotatable bonds is 3. The summed E-state index contributed by atoms with van der Waals surface area (Å²) in [4.78, 5) is -0.973. The van der Waals surface area contributed by atoms with Gasteiger partial charge >= 0.3 is 11.7 Å². The Bertz CT molecular complexity index is 905. The highest BCUT2D eigenvalue weighted by atomic mass is 32.3. The highest BCUT2D eigenvalue weighted by molar-refractivity contribution is 8.34. The Labute approximate surface area is 146 Å². The van der Waals surface area contributed by atoms with Gasteiger partial charge < -0.3 is 0 Å². The summed E-state index contributed by atoms with van der Waals surface area (Å²) in [6, 6.07) is 10.1. The van der Waals surface area contributed by atoms with Crippen molar-refractivity contribution in [3.8, 4) is 11.1 Å².